The van der Waals surface area contributed by atoms with Crippen molar-refractivity contribution in [1.29, 1.82) is 0 Å². The molecule has 0 saturated heterocycles. The van der Waals surface area contributed by atoms with Gasteiger partial charge in [-0.05, 0) is 55.2 Å². The number of methoxy groups -OCH3 is 1. The summed E-state index contributed by atoms with van der Waals surface area (Å²) in [7, 11) is -2.54. The first kappa shape index (κ1) is 19.7. The number of alkyl halides is 3. The molecule has 1 aliphatic carbocycles. The predicted octanol–water partition coefficient (Wildman–Crippen LogP) is 4.27. The van der Waals surface area contributed by atoms with Crippen LogP contribution < -0.4 is 4.74 Å². The lowest BCUT2D eigenvalue weighted by Crippen LogP contribution is -2.43. The van der Waals surface area contributed by atoms with Gasteiger partial charge >= 0.3 is 6.18 Å². The summed E-state index contributed by atoms with van der Waals surface area (Å²) in [6.45, 7) is 0.0844. The summed E-state index contributed by atoms with van der Waals surface area (Å²) in [4.78, 5) is -0.349. The Labute approximate surface area is 156 Å². The Balaban J connectivity index is 1.93. The molecule has 0 unspecified atom stereocenters. The first-order chi connectivity index (χ1) is 12.7. The van der Waals surface area contributed by atoms with Crippen LogP contribution in [0.4, 0.5) is 13.2 Å². The number of rotatable bonds is 6. The maximum atomic E-state index is 13.1. The largest absolute Gasteiger partial charge is 0.497 e. The molecular formula is C19H19F3NO3S. The molecule has 3 rings (SSSR count). The number of ether oxygens (including phenoxy) is 1. The third-order valence-corrected chi connectivity index (χ3v) is 6.44. The highest BCUT2D eigenvalue weighted by atomic mass is 32.2. The van der Waals surface area contributed by atoms with Crippen LogP contribution in [0, 0.1) is 6.42 Å². The molecule has 1 radical (unpaired) electrons. The van der Waals surface area contributed by atoms with E-state index < -0.39 is 21.8 Å². The normalized spacial score (nSPS) is 15.6. The molecule has 2 aromatic carbocycles. The standard InChI is InChI=1S/C19H19F3NO3S/c1-26-17-10-8-14(9-11-17)13-23(16-5-3-6-16)27(24,25)18-7-2-4-15(12-18)19(20,21)22/h2-4,7-12,16H,5-6,13H2,1H3. The highest BCUT2D eigenvalue weighted by Crippen LogP contribution is 2.34. The zero-order valence-corrected chi connectivity index (χ0v) is 15.4. The van der Waals surface area contributed by atoms with Gasteiger partial charge in [-0.1, -0.05) is 18.2 Å². The van der Waals surface area contributed by atoms with E-state index in [2.05, 4.69) is 0 Å². The predicted molar refractivity (Wildman–Crippen MR) is 94.5 cm³/mol. The summed E-state index contributed by atoms with van der Waals surface area (Å²) in [5, 5.41) is 0. The van der Waals surface area contributed by atoms with Crippen LogP contribution in [0.2, 0.25) is 0 Å². The molecule has 0 aliphatic heterocycles. The zero-order valence-electron chi connectivity index (χ0n) is 14.6. The molecule has 0 N–H and O–H groups in total. The Hall–Kier alpha value is -2.06. The van der Waals surface area contributed by atoms with Crippen LogP contribution >= 0.6 is 0 Å². The second-order valence-electron chi connectivity index (χ2n) is 6.34. The number of halogens is 3. The minimum atomic E-state index is -4.60. The van der Waals surface area contributed by atoms with Crippen LogP contribution in [-0.2, 0) is 22.7 Å². The average Bonchev–Trinajstić information content (AvgIpc) is 2.59. The van der Waals surface area contributed by atoms with E-state index in [4.69, 9.17) is 4.74 Å². The minimum absolute atomic E-state index is 0.0844. The van der Waals surface area contributed by atoms with Gasteiger partial charge in [0.25, 0.3) is 0 Å². The first-order valence-electron chi connectivity index (χ1n) is 8.35. The number of benzene rings is 2. The van der Waals surface area contributed by atoms with Gasteiger partial charge in [0.2, 0.25) is 10.0 Å². The Morgan fingerprint density at radius 2 is 1.78 bits per heavy atom. The summed E-state index contributed by atoms with van der Waals surface area (Å²) in [5.74, 6) is 0.642. The molecule has 1 saturated carbocycles. The number of nitrogens with zero attached hydrogens (tertiary/aromatic N) is 1. The van der Waals surface area contributed by atoms with E-state index in [0.717, 1.165) is 17.7 Å². The van der Waals surface area contributed by atoms with Gasteiger partial charge in [0.15, 0.2) is 0 Å². The van der Waals surface area contributed by atoms with Crippen molar-refractivity contribution >= 4 is 10.0 Å². The van der Waals surface area contributed by atoms with Crippen LogP contribution in [0.3, 0.4) is 0 Å². The molecule has 0 aromatic heterocycles. The molecule has 4 nitrogen and oxygen atoms in total. The minimum Gasteiger partial charge on any atom is -0.497 e. The highest BCUT2D eigenvalue weighted by Gasteiger charge is 2.37. The van der Waals surface area contributed by atoms with E-state index in [1.54, 1.807) is 24.3 Å². The van der Waals surface area contributed by atoms with Gasteiger partial charge in [0.1, 0.15) is 5.75 Å². The SMILES string of the molecule is COc1ccc(CN(C2C[CH]C2)S(=O)(=O)c2cccc(C(F)(F)F)c2)cc1. The molecule has 0 atom stereocenters. The average molecular weight is 398 g/mol. The maximum Gasteiger partial charge on any atom is 0.416 e. The van der Waals surface area contributed by atoms with Gasteiger partial charge in [-0.2, -0.15) is 17.5 Å². The maximum absolute atomic E-state index is 13.1. The van der Waals surface area contributed by atoms with E-state index in [-0.39, 0.29) is 17.5 Å². The number of sulfonamides is 1. The van der Waals surface area contributed by atoms with Crippen molar-refractivity contribution in [3.8, 4) is 5.75 Å². The van der Waals surface area contributed by atoms with Crippen LogP contribution in [0.25, 0.3) is 0 Å². The first-order valence-corrected chi connectivity index (χ1v) is 9.79. The Kier molecular flexibility index (Phi) is 5.48. The van der Waals surface area contributed by atoms with Crippen LogP contribution in [0.15, 0.2) is 53.4 Å². The van der Waals surface area contributed by atoms with Crippen LogP contribution in [0.1, 0.15) is 24.0 Å². The number of hydrogen-bond acceptors (Lipinski definition) is 3. The lowest BCUT2D eigenvalue weighted by atomic mass is 9.93. The van der Waals surface area contributed by atoms with Crippen LogP contribution in [-0.4, -0.2) is 25.9 Å². The highest BCUT2D eigenvalue weighted by molar-refractivity contribution is 7.89. The van der Waals surface area contributed by atoms with Gasteiger partial charge in [0.05, 0.1) is 17.6 Å². The van der Waals surface area contributed by atoms with Crippen molar-refractivity contribution in [3.05, 3.63) is 66.1 Å². The summed E-state index contributed by atoms with van der Waals surface area (Å²) in [6, 6.07) is 10.6. The van der Waals surface area contributed by atoms with Gasteiger partial charge in [0, 0.05) is 12.6 Å². The van der Waals surface area contributed by atoms with Crippen LogP contribution in [0.5, 0.6) is 5.75 Å². The molecule has 1 fully saturated rings. The van der Waals surface area contributed by atoms with Gasteiger partial charge in [-0.3, -0.25) is 0 Å². The van der Waals surface area contributed by atoms with Crippen molar-refractivity contribution in [3.63, 3.8) is 0 Å². The molecule has 0 spiro atoms. The quantitative estimate of drug-likeness (QED) is 0.730. The van der Waals surface area contributed by atoms with E-state index >= 15 is 0 Å². The smallest absolute Gasteiger partial charge is 0.416 e. The molecule has 8 heteroatoms. The topological polar surface area (TPSA) is 46.6 Å². The summed E-state index contributed by atoms with van der Waals surface area (Å²) >= 11 is 0. The number of hydrogen-bond donors (Lipinski definition) is 0. The molecule has 145 valence electrons. The molecule has 0 amide bonds. The molecule has 27 heavy (non-hydrogen) atoms. The Bertz CT molecular complexity index is 891. The van der Waals surface area contributed by atoms with Gasteiger partial charge in [-0.25, -0.2) is 8.42 Å². The van der Waals surface area contributed by atoms with Crippen molar-refractivity contribution in [1.82, 2.24) is 4.31 Å². The van der Waals surface area contributed by atoms with E-state index in [1.165, 1.54) is 17.5 Å². The molecule has 2 aromatic rings. The molecule has 0 heterocycles. The lowest BCUT2D eigenvalue weighted by molar-refractivity contribution is -0.137. The zero-order chi connectivity index (χ0) is 19.7. The summed E-state index contributed by atoms with van der Waals surface area (Å²) in [6.07, 6.45) is -1.49. The third-order valence-electron chi connectivity index (χ3n) is 4.55. The van der Waals surface area contributed by atoms with Crippen molar-refractivity contribution in [2.45, 2.75) is 36.5 Å². The van der Waals surface area contributed by atoms with Crippen molar-refractivity contribution in [2.24, 2.45) is 0 Å². The van der Waals surface area contributed by atoms with E-state index in [9.17, 15) is 21.6 Å². The fourth-order valence-corrected chi connectivity index (χ4v) is 4.52. The van der Waals surface area contributed by atoms with Crippen molar-refractivity contribution in [2.75, 3.05) is 7.11 Å². The summed E-state index contributed by atoms with van der Waals surface area (Å²) < 4.78 is 71.5. The monoisotopic (exact) mass is 398 g/mol. The third kappa shape index (κ3) is 4.27. The lowest BCUT2D eigenvalue weighted by Gasteiger charge is -2.36. The van der Waals surface area contributed by atoms with Gasteiger partial charge < -0.3 is 4.74 Å². The second-order valence-corrected chi connectivity index (χ2v) is 8.23. The molecule has 1 aliphatic rings. The second kappa shape index (κ2) is 7.52. The van der Waals surface area contributed by atoms with E-state index in [1.807, 2.05) is 6.42 Å². The van der Waals surface area contributed by atoms with Gasteiger partial charge in [-0.15, -0.1) is 0 Å². The van der Waals surface area contributed by atoms with E-state index in [0.29, 0.717) is 24.7 Å². The Morgan fingerprint density at radius 3 is 2.30 bits per heavy atom. The summed E-state index contributed by atoms with van der Waals surface area (Å²) in [5.41, 5.74) is -0.244. The molecular weight excluding hydrogens is 379 g/mol. The van der Waals surface area contributed by atoms with Crippen molar-refractivity contribution < 1.29 is 26.3 Å². The Morgan fingerprint density at radius 1 is 1.11 bits per heavy atom. The fraction of sp³-hybridized carbons (Fsp3) is 0.316. The fourth-order valence-electron chi connectivity index (χ4n) is 2.84. The molecule has 0 bridgehead atoms.